The van der Waals surface area contributed by atoms with Crippen molar-refractivity contribution in [2.24, 2.45) is 10.9 Å². The van der Waals surface area contributed by atoms with Crippen LogP contribution in [0.3, 0.4) is 0 Å². The molecule has 0 fully saturated rings. The van der Waals surface area contributed by atoms with Crippen molar-refractivity contribution in [3.8, 4) is 5.75 Å². The number of benzene rings is 1. The van der Waals surface area contributed by atoms with Crippen LogP contribution in [0.15, 0.2) is 32.5 Å². The third kappa shape index (κ3) is 3.38. The van der Waals surface area contributed by atoms with E-state index in [9.17, 15) is 9.90 Å². The summed E-state index contributed by atoms with van der Waals surface area (Å²) in [6.45, 7) is 1.54. The Morgan fingerprint density at radius 1 is 1.27 bits per heavy atom. The molecular weight excluding hydrogens is 351 g/mol. The van der Waals surface area contributed by atoms with Crippen LogP contribution >= 0.6 is 34.8 Å². The molecule has 1 aromatic carbocycles. The molecule has 116 valence electrons. The molecule has 1 aromatic heterocycles. The third-order valence-electron chi connectivity index (χ3n) is 2.95. The molecule has 2 rings (SSSR count). The van der Waals surface area contributed by atoms with Gasteiger partial charge in [-0.1, -0.05) is 34.8 Å². The van der Waals surface area contributed by atoms with Gasteiger partial charge < -0.3 is 15.4 Å². The van der Waals surface area contributed by atoms with E-state index in [1.807, 2.05) is 0 Å². The molecule has 0 aliphatic rings. The van der Waals surface area contributed by atoms with Gasteiger partial charge in [0.15, 0.2) is 0 Å². The van der Waals surface area contributed by atoms with Crippen LogP contribution in [0.2, 0.25) is 15.1 Å². The molecule has 8 heteroatoms. The van der Waals surface area contributed by atoms with Crippen LogP contribution in [0, 0.1) is 6.92 Å². The molecular formula is C14H11Cl3N2O3. The molecule has 0 atom stereocenters. The van der Waals surface area contributed by atoms with Gasteiger partial charge >= 0.3 is 5.63 Å². The SMILES string of the molecule is Cc1cc(O)c(/C(Cc2c(Cl)cc(Cl)cc2Cl)=N\N)c(=O)o1. The Bertz CT molecular complexity index is 792. The number of halogens is 3. The van der Waals surface area contributed by atoms with Gasteiger partial charge in [-0.25, -0.2) is 4.79 Å². The largest absolute Gasteiger partial charge is 0.507 e. The van der Waals surface area contributed by atoms with Gasteiger partial charge in [0.1, 0.15) is 17.1 Å². The van der Waals surface area contributed by atoms with Crippen molar-refractivity contribution < 1.29 is 9.52 Å². The van der Waals surface area contributed by atoms with Gasteiger partial charge in [0.25, 0.3) is 0 Å². The summed E-state index contributed by atoms with van der Waals surface area (Å²) in [4.78, 5) is 11.9. The van der Waals surface area contributed by atoms with Crippen molar-refractivity contribution in [1.29, 1.82) is 0 Å². The molecule has 0 spiro atoms. The Labute approximate surface area is 140 Å². The number of aryl methyl sites for hydroxylation is 1. The molecule has 0 aliphatic carbocycles. The molecule has 5 nitrogen and oxygen atoms in total. The smallest absolute Gasteiger partial charge is 0.348 e. The van der Waals surface area contributed by atoms with Gasteiger partial charge in [-0.05, 0) is 24.6 Å². The van der Waals surface area contributed by atoms with Crippen molar-refractivity contribution in [3.05, 3.63) is 60.6 Å². The van der Waals surface area contributed by atoms with Gasteiger partial charge in [-0.3, -0.25) is 0 Å². The van der Waals surface area contributed by atoms with Crippen LogP contribution in [0.4, 0.5) is 0 Å². The van der Waals surface area contributed by atoms with Gasteiger partial charge in [0.05, 0.1) is 5.71 Å². The van der Waals surface area contributed by atoms with Gasteiger partial charge in [-0.2, -0.15) is 5.10 Å². The second-order valence-electron chi connectivity index (χ2n) is 4.51. The average Bonchev–Trinajstić information content (AvgIpc) is 2.39. The highest BCUT2D eigenvalue weighted by Crippen LogP contribution is 2.30. The first-order chi connectivity index (χ1) is 10.3. The lowest BCUT2D eigenvalue weighted by Gasteiger charge is -2.10. The van der Waals surface area contributed by atoms with Crippen molar-refractivity contribution in [2.45, 2.75) is 13.3 Å². The number of hydrogen-bond acceptors (Lipinski definition) is 5. The highest BCUT2D eigenvalue weighted by Gasteiger charge is 2.19. The first-order valence-corrected chi connectivity index (χ1v) is 7.21. The predicted octanol–water partition coefficient (Wildman–Crippen LogP) is 3.52. The molecule has 2 aromatic rings. The Kier molecular flexibility index (Phi) is 5.01. The van der Waals surface area contributed by atoms with Gasteiger partial charge in [-0.15, -0.1) is 0 Å². The number of rotatable bonds is 3. The maximum atomic E-state index is 11.9. The molecule has 0 saturated carbocycles. The normalized spacial score (nSPS) is 11.7. The van der Waals surface area contributed by atoms with E-state index in [0.29, 0.717) is 20.6 Å². The molecule has 0 bridgehead atoms. The van der Waals surface area contributed by atoms with E-state index >= 15 is 0 Å². The van der Waals surface area contributed by atoms with Crippen LogP contribution in [0.5, 0.6) is 5.75 Å². The first kappa shape index (κ1) is 16.7. The predicted molar refractivity (Wildman–Crippen MR) is 87.3 cm³/mol. The number of hydrogen-bond donors (Lipinski definition) is 2. The zero-order valence-electron chi connectivity index (χ0n) is 11.4. The molecule has 22 heavy (non-hydrogen) atoms. The second-order valence-corrected chi connectivity index (χ2v) is 5.76. The van der Waals surface area contributed by atoms with Gasteiger partial charge in [0.2, 0.25) is 0 Å². The van der Waals surface area contributed by atoms with Crippen LogP contribution in [-0.2, 0) is 6.42 Å². The number of nitrogens with zero attached hydrogens (tertiary/aromatic N) is 1. The fourth-order valence-corrected chi connectivity index (χ4v) is 2.92. The zero-order chi connectivity index (χ0) is 16.4. The number of nitrogens with two attached hydrogens (primary N) is 1. The third-order valence-corrected chi connectivity index (χ3v) is 3.84. The number of aromatic hydroxyl groups is 1. The van der Waals surface area contributed by atoms with Crippen molar-refractivity contribution >= 4 is 40.5 Å². The summed E-state index contributed by atoms with van der Waals surface area (Å²) in [5.74, 6) is 5.33. The average molecular weight is 362 g/mol. The minimum Gasteiger partial charge on any atom is -0.507 e. The van der Waals surface area contributed by atoms with Crippen molar-refractivity contribution in [2.75, 3.05) is 0 Å². The Morgan fingerprint density at radius 2 is 1.86 bits per heavy atom. The quantitative estimate of drug-likeness (QED) is 0.497. The summed E-state index contributed by atoms with van der Waals surface area (Å²) in [6.07, 6.45) is 0.0344. The second kappa shape index (κ2) is 6.60. The molecule has 0 unspecified atom stereocenters. The Balaban J connectivity index is 2.51. The first-order valence-electron chi connectivity index (χ1n) is 6.07. The van der Waals surface area contributed by atoms with Crippen LogP contribution in [0.1, 0.15) is 16.9 Å². The molecule has 1 heterocycles. The van der Waals surface area contributed by atoms with E-state index in [1.54, 1.807) is 0 Å². The van der Waals surface area contributed by atoms with Crippen LogP contribution in [-0.4, -0.2) is 10.8 Å². The molecule has 3 N–H and O–H groups in total. The van der Waals surface area contributed by atoms with Crippen molar-refractivity contribution in [3.63, 3.8) is 0 Å². The van der Waals surface area contributed by atoms with Gasteiger partial charge in [0, 0.05) is 27.6 Å². The topological polar surface area (TPSA) is 88.8 Å². The Morgan fingerprint density at radius 3 is 2.36 bits per heavy atom. The van der Waals surface area contributed by atoms with Crippen LogP contribution in [0.25, 0.3) is 0 Å². The highest BCUT2D eigenvalue weighted by molar-refractivity contribution is 6.39. The minimum absolute atomic E-state index is 0.0344. The summed E-state index contributed by atoms with van der Waals surface area (Å²) < 4.78 is 4.95. The van der Waals surface area contributed by atoms with E-state index in [2.05, 4.69) is 5.10 Å². The minimum atomic E-state index is -0.747. The van der Waals surface area contributed by atoms with Crippen LogP contribution < -0.4 is 11.5 Å². The maximum Gasteiger partial charge on any atom is 0.348 e. The van der Waals surface area contributed by atoms with E-state index in [4.69, 9.17) is 45.1 Å². The summed E-state index contributed by atoms with van der Waals surface area (Å²) in [6, 6.07) is 4.32. The highest BCUT2D eigenvalue weighted by atomic mass is 35.5. The summed E-state index contributed by atoms with van der Waals surface area (Å²) >= 11 is 18.0. The molecule has 0 aliphatic heterocycles. The lowest BCUT2D eigenvalue weighted by atomic mass is 10.0. The van der Waals surface area contributed by atoms with E-state index < -0.39 is 5.63 Å². The maximum absolute atomic E-state index is 11.9. The fraction of sp³-hybridized carbons (Fsp3) is 0.143. The lowest BCUT2D eigenvalue weighted by Crippen LogP contribution is -2.19. The summed E-state index contributed by atoms with van der Waals surface area (Å²) in [5, 5.41) is 14.5. The zero-order valence-corrected chi connectivity index (χ0v) is 13.6. The molecule has 0 amide bonds. The molecule has 0 saturated heterocycles. The fourth-order valence-electron chi connectivity index (χ4n) is 1.97. The number of hydrazone groups is 1. The monoisotopic (exact) mass is 360 g/mol. The van der Waals surface area contributed by atoms with Crippen molar-refractivity contribution in [1.82, 2.24) is 0 Å². The Hall–Kier alpha value is -1.69. The van der Waals surface area contributed by atoms with E-state index in [1.165, 1.54) is 25.1 Å². The standard InChI is InChI=1S/C14H11Cl3N2O3/c1-6-2-12(20)13(14(21)22-6)11(19-18)5-8-9(16)3-7(15)4-10(8)17/h2-4,20H,5,18H2,1H3/b19-11-. The molecule has 0 radical (unpaired) electrons. The van der Waals surface area contributed by atoms with E-state index in [-0.39, 0.29) is 29.2 Å². The summed E-state index contributed by atoms with van der Waals surface area (Å²) in [7, 11) is 0. The van der Waals surface area contributed by atoms with E-state index in [0.717, 1.165) is 0 Å². The lowest BCUT2D eigenvalue weighted by molar-refractivity contribution is 0.432. The summed E-state index contributed by atoms with van der Waals surface area (Å²) in [5.41, 5.74) is -0.299.